The van der Waals surface area contributed by atoms with Crippen molar-refractivity contribution >= 4 is 12.2 Å². The fourth-order valence-electron chi connectivity index (χ4n) is 1.52. The molecule has 15 heavy (non-hydrogen) atoms. The first-order chi connectivity index (χ1) is 7.19. The molecule has 1 rings (SSSR count). The third-order valence-corrected chi connectivity index (χ3v) is 2.66. The van der Waals surface area contributed by atoms with E-state index in [9.17, 15) is 0 Å². The van der Waals surface area contributed by atoms with Gasteiger partial charge in [-0.2, -0.15) is 0 Å². The number of rotatable bonds is 5. The number of nitrogens with one attached hydrogen (secondary N) is 1. The highest BCUT2D eigenvalue weighted by Crippen LogP contribution is 2.07. The number of aromatic nitrogens is 2. The Balaban J connectivity index is 2.80. The van der Waals surface area contributed by atoms with Crippen molar-refractivity contribution < 1.29 is 4.74 Å². The first kappa shape index (κ1) is 12.3. The van der Waals surface area contributed by atoms with Gasteiger partial charge in [0, 0.05) is 24.3 Å². The number of hydrogen-bond acceptors (Lipinski definition) is 3. The zero-order valence-corrected chi connectivity index (χ0v) is 10.4. The molecule has 0 aliphatic heterocycles. The van der Waals surface area contributed by atoms with E-state index in [4.69, 9.17) is 17.0 Å². The Morgan fingerprint density at radius 2 is 2.13 bits per heavy atom. The van der Waals surface area contributed by atoms with Crippen LogP contribution in [0.3, 0.4) is 0 Å². The van der Waals surface area contributed by atoms with Crippen LogP contribution in [0.2, 0.25) is 0 Å². The molecule has 0 fully saturated rings. The van der Waals surface area contributed by atoms with Crippen LogP contribution in [0.25, 0.3) is 0 Å². The standard InChI is InChI=1S/C11H18N2OS/c1-4-9-8(3)12-10(13-11(9)15)6-7-14-5-2/h4-7H2,1-3H3,(H,12,13,15). The van der Waals surface area contributed by atoms with E-state index in [1.807, 2.05) is 13.8 Å². The van der Waals surface area contributed by atoms with Gasteiger partial charge >= 0.3 is 0 Å². The molecule has 1 N–H and O–H groups in total. The van der Waals surface area contributed by atoms with Crippen molar-refractivity contribution in [1.29, 1.82) is 0 Å². The fraction of sp³-hybridized carbons (Fsp3) is 0.636. The summed E-state index contributed by atoms with van der Waals surface area (Å²) in [6.45, 7) is 7.56. The minimum Gasteiger partial charge on any atom is -0.381 e. The Hall–Kier alpha value is -0.740. The number of ether oxygens (including phenoxy) is 1. The predicted octanol–water partition coefficient (Wildman–Crippen LogP) is 2.59. The summed E-state index contributed by atoms with van der Waals surface area (Å²) < 4.78 is 6.00. The van der Waals surface area contributed by atoms with E-state index >= 15 is 0 Å². The second-order valence-corrected chi connectivity index (χ2v) is 3.78. The summed E-state index contributed by atoms with van der Waals surface area (Å²) in [5.41, 5.74) is 2.27. The van der Waals surface area contributed by atoms with E-state index in [1.165, 1.54) is 0 Å². The van der Waals surface area contributed by atoms with E-state index in [0.29, 0.717) is 6.61 Å². The zero-order chi connectivity index (χ0) is 11.3. The van der Waals surface area contributed by atoms with Crippen molar-refractivity contribution in [3.8, 4) is 0 Å². The van der Waals surface area contributed by atoms with Crippen LogP contribution in [0.15, 0.2) is 0 Å². The summed E-state index contributed by atoms with van der Waals surface area (Å²) in [7, 11) is 0. The van der Waals surface area contributed by atoms with E-state index in [2.05, 4.69) is 16.9 Å². The van der Waals surface area contributed by atoms with Crippen molar-refractivity contribution in [3.05, 3.63) is 21.7 Å². The first-order valence-electron chi connectivity index (χ1n) is 5.35. The molecule has 0 aliphatic rings. The average Bonchev–Trinajstić information content (AvgIpc) is 2.18. The molecule has 0 bridgehead atoms. The third kappa shape index (κ3) is 3.39. The number of hydrogen-bond donors (Lipinski definition) is 1. The summed E-state index contributed by atoms with van der Waals surface area (Å²) in [6.07, 6.45) is 1.72. The van der Waals surface area contributed by atoms with Crippen LogP contribution in [-0.2, 0) is 17.6 Å². The van der Waals surface area contributed by atoms with Gasteiger partial charge in [-0.25, -0.2) is 4.98 Å². The van der Waals surface area contributed by atoms with Crippen molar-refractivity contribution in [2.75, 3.05) is 13.2 Å². The number of H-pyrrole nitrogens is 1. The Morgan fingerprint density at radius 1 is 1.40 bits per heavy atom. The molecule has 0 radical (unpaired) electrons. The van der Waals surface area contributed by atoms with Gasteiger partial charge in [-0.05, 0) is 20.3 Å². The topological polar surface area (TPSA) is 37.9 Å². The van der Waals surface area contributed by atoms with Gasteiger partial charge in [0.1, 0.15) is 10.5 Å². The molecule has 84 valence electrons. The van der Waals surface area contributed by atoms with E-state index in [-0.39, 0.29) is 0 Å². The van der Waals surface area contributed by atoms with Crippen LogP contribution in [0.5, 0.6) is 0 Å². The maximum atomic E-state index is 5.28. The highest BCUT2D eigenvalue weighted by molar-refractivity contribution is 7.71. The predicted molar refractivity (Wildman–Crippen MR) is 63.7 cm³/mol. The van der Waals surface area contributed by atoms with Crippen LogP contribution in [0, 0.1) is 11.6 Å². The summed E-state index contributed by atoms with van der Waals surface area (Å²) in [6, 6.07) is 0. The first-order valence-corrected chi connectivity index (χ1v) is 5.76. The quantitative estimate of drug-likeness (QED) is 0.619. The normalized spacial score (nSPS) is 10.6. The van der Waals surface area contributed by atoms with Gasteiger partial charge in [0.25, 0.3) is 0 Å². The molecule has 0 aliphatic carbocycles. The van der Waals surface area contributed by atoms with E-state index in [0.717, 1.165) is 41.2 Å². The summed E-state index contributed by atoms with van der Waals surface area (Å²) in [5.74, 6) is 0.920. The molecular weight excluding hydrogens is 208 g/mol. The second-order valence-electron chi connectivity index (χ2n) is 3.39. The average molecular weight is 226 g/mol. The number of aryl methyl sites for hydroxylation is 1. The van der Waals surface area contributed by atoms with Crippen molar-refractivity contribution in [1.82, 2.24) is 9.97 Å². The van der Waals surface area contributed by atoms with Crippen molar-refractivity contribution in [2.45, 2.75) is 33.6 Å². The number of aromatic amines is 1. The largest absolute Gasteiger partial charge is 0.381 e. The molecule has 3 nitrogen and oxygen atoms in total. The van der Waals surface area contributed by atoms with Gasteiger partial charge in [-0.15, -0.1) is 0 Å². The van der Waals surface area contributed by atoms with Crippen LogP contribution in [-0.4, -0.2) is 23.2 Å². The molecule has 0 spiro atoms. The highest BCUT2D eigenvalue weighted by Gasteiger charge is 2.03. The lowest BCUT2D eigenvalue weighted by Gasteiger charge is -2.07. The van der Waals surface area contributed by atoms with Gasteiger partial charge in [-0.3, -0.25) is 0 Å². The fourth-order valence-corrected chi connectivity index (χ4v) is 1.93. The maximum Gasteiger partial charge on any atom is 0.133 e. The van der Waals surface area contributed by atoms with Gasteiger partial charge in [0.05, 0.1) is 6.61 Å². The van der Waals surface area contributed by atoms with Crippen LogP contribution >= 0.6 is 12.2 Å². The highest BCUT2D eigenvalue weighted by atomic mass is 32.1. The van der Waals surface area contributed by atoms with Gasteiger partial charge < -0.3 is 9.72 Å². The third-order valence-electron chi connectivity index (χ3n) is 2.32. The van der Waals surface area contributed by atoms with Crippen molar-refractivity contribution in [2.24, 2.45) is 0 Å². The van der Waals surface area contributed by atoms with Gasteiger partial charge in [0.2, 0.25) is 0 Å². The van der Waals surface area contributed by atoms with Gasteiger partial charge in [-0.1, -0.05) is 19.1 Å². The molecular formula is C11H18N2OS. The lowest BCUT2D eigenvalue weighted by atomic mass is 10.2. The lowest BCUT2D eigenvalue weighted by molar-refractivity contribution is 0.149. The number of nitrogens with zero attached hydrogens (tertiary/aromatic N) is 1. The Kier molecular flexibility index (Phi) is 4.91. The molecule has 1 aromatic heterocycles. The Bertz CT molecular complexity index is 373. The lowest BCUT2D eigenvalue weighted by Crippen LogP contribution is -2.06. The Morgan fingerprint density at radius 3 is 2.67 bits per heavy atom. The van der Waals surface area contributed by atoms with E-state index < -0.39 is 0 Å². The molecule has 0 saturated carbocycles. The maximum absolute atomic E-state index is 5.28. The molecule has 0 aromatic carbocycles. The SMILES string of the molecule is CCOCCc1nc(=S)c(CC)c(C)[nH]1. The molecule has 1 heterocycles. The zero-order valence-electron chi connectivity index (χ0n) is 9.59. The van der Waals surface area contributed by atoms with Crippen LogP contribution in [0.4, 0.5) is 0 Å². The minimum absolute atomic E-state index is 0.694. The molecule has 0 saturated heterocycles. The van der Waals surface area contributed by atoms with E-state index in [1.54, 1.807) is 0 Å². The summed E-state index contributed by atoms with van der Waals surface area (Å²) >= 11 is 5.23. The Labute approximate surface area is 95.9 Å². The molecule has 0 unspecified atom stereocenters. The summed E-state index contributed by atoms with van der Waals surface area (Å²) in [4.78, 5) is 7.62. The molecule has 1 aromatic rings. The molecule has 0 atom stereocenters. The second kappa shape index (κ2) is 5.98. The molecule has 4 heteroatoms. The summed E-state index contributed by atoms with van der Waals surface area (Å²) in [5, 5.41) is 0. The van der Waals surface area contributed by atoms with Gasteiger partial charge in [0.15, 0.2) is 0 Å². The minimum atomic E-state index is 0.694. The van der Waals surface area contributed by atoms with Crippen molar-refractivity contribution in [3.63, 3.8) is 0 Å². The molecule has 0 amide bonds. The van der Waals surface area contributed by atoms with Crippen LogP contribution in [0.1, 0.15) is 30.9 Å². The monoisotopic (exact) mass is 226 g/mol. The van der Waals surface area contributed by atoms with Crippen LogP contribution < -0.4 is 0 Å². The smallest absolute Gasteiger partial charge is 0.133 e.